The van der Waals surface area contributed by atoms with Crippen LogP contribution in [0.15, 0.2) is 24.3 Å². The molecule has 0 amide bonds. The Morgan fingerprint density at radius 2 is 1.86 bits per heavy atom. The van der Waals surface area contributed by atoms with Gasteiger partial charge in [-0.05, 0) is 42.2 Å². The number of hydrogen-bond donors (Lipinski definition) is 0. The first-order valence-corrected chi connectivity index (χ1v) is 5.80. The molecule has 0 spiro atoms. The number of rotatable bonds is 2. The predicted molar refractivity (Wildman–Crippen MR) is 61.8 cm³/mol. The summed E-state index contributed by atoms with van der Waals surface area (Å²) in [7, 11) is 0. The van der Waals surface area contributed by atoms with Crippen molar-refractivity contribution >= 4 is 11.6 Å². The van der Waals surface area contributed by atoms with Gasteiger partial charge < -0.3 is 0 Å². The number of halogens is 1. The predicted octanol–water partition coefficient (Wildman–Crippen LogP) is 4.49. The van der Waals surface area contributed by atoms with Crippen LogP contribution in [0.3, 0.4) is 0 Å². The molecule has 0 bridgehead atoms. The van der Waals surface area contributed by atoms with E-state index >= 15 is 0 Å². The molecule has 0 N–H and O–H groups in total. The molecule has 1 aliphatic carbocycles. The van der Waals surface area contributed by atoms with E-state index in [0.29, 0.717) is 0 Å². The molecule has 0 radical (unpaired) electrons. The minimum atomic E-state index is 0.719. The summed E-state index contributed by atoms with van der Waals surface area (Å²) < 4.78 is 0. The Morgan fingerprint density at radius 3 is 2.43 bits per heavy atom. The molecule has 0 unspecified atom stereocenters. The lowest BCUT2D eigenvalue weighted by Gasteiger charge is -2.38. The average Bonchev–Trinajstić information content (AvgIpc) is 2.05. The van der Waals surface area contributed by atoms with Crippen molar-refractivity contribution in [2.24, 2.45) is 11.8 Å². The largest absolute Gasteiger partial charge is 0.0840 e. The molecule has 1 saturated carbocycles. The van der Waals surface area contributed by atoms with Gasteiger partial charge in [0.2, 0.25) is 0 Å². The molecule has 0 atom stereocenters. The Morgan fingerprint density at radius 1 is 1.21 bits per heavy atom. The summed E-state index contributed by atoms with van der Waals surface area (Å²) in [5.74, 6) is 2.46. The van der Waals surface area contributed by atoms with Gasteiger partial charge in [-0.15, -0.1) is 0 Å². The molecular weight excluding hydrogens is 192 g/mol. The summed E-state index contributed by atoms with van der Waals surface area (Å²) in [6, 6.07) is 8.26. The minimum Gasteiger partial charge on any atom is -0.0840 e. The van der Waals surface area contributed by atoms with E-state index in [2.05, 4.69) is 26.0 Å². The second-order valence-electron chi connectivity index (χ2n) is 4.69. The van der Waals surface area contributed by atoms with Crippen molar-refractivity contribution in [1.29, 1.82) is 0 Å². The van der Waals surface area contributed by atoms with Gasteiger partial charge in [0.15, 0.2) is 0 Å². The molecule has 76 valence electrons. The highest BCUT2D eigenvalue weighted by molar-refractivity contribution is 6.31. The van der Waals surface area contributed by atoms with Crippen molar-refractivity contribution in [1.82, 2.24) is 0 Å². The van der Waals surface area contributed by atoms with Gasteiger partial charge in [0.25, 0.3) is 0 Å². The van der Waals surface area contributed by atoms with Gasteiger partial charge in [0.1, 0.15) is 0 Å². The van der Waals surface area contributed by atoms with Crippen LogP contribution < -0.4 is 0 Å². The topological polar surface area (TPSA) is 0 Å². The fourth-order valence-electron chi connectivity index (χ4n) is 2.27. The van der Waals surface area contributed by atoms with Crippen LogP contribution in [0, 0.1) is 11.8 Å². The van der Waals surface area contributed by atoms with Crippen LogP contribution >= 0.6 is 11.6 Å². The van der Waals surface area contributed by atoms with Crippen molar-refractivity contribution in [3.05, 3.63) is 34.9 Å². The van der Waals surface area contributed by atoms with Gasteiger partial charge in [-0.1, -0.05) is 43.6 Å². The summed E-state index contributed by atoms with van der Waals surface area (Å²) >= 11 is 6.16. The zero-order chi connectivity index (χ0) is 10.1. The Hall–Kier alpha value is -0.490. The van der Waals surface area contributed by atoms with Crippen molar-refractivity contribution < 1.29 is 0 Å². The SMILES string of the molecule is CC(C)[C@H]1C[C@@H](c2ccccc2Cl)C1. The highest BCUT2D eigenvalue weighted by atomic mass is 35.5. The zero-order valence-electron chi connectivity index (χ0n) is 8.83. The molecule has 2 rings (SSSR count). The van der Waals surface area contributed by atoms with Crippen LogP contribution in [0.4, 0.5) is 0 Å². The van der Waals surface area contributed by atoms with Crippen LogP contribution in [0.5, 0.6) is 0 Å². The maximum Gasteiger partial charge on any atom is 0.0440 e. The fraction of sp³-hybridized carbons (Fsp3) is 0.538. The van der Waals surface area contributed by atoms with E-state index in [-0.39, 0.29) is 0 Å². The van der Waals surface area contributed by atoms with E-state index in [1.807, 2.05) is 12.1 Å². The zero-order valence-corrected chi connectivity index (χ0v) is 9.59. The molecule has 0 saturated heterocycles. The number of hydrogen-bond acceptors (Lipinski definition) is 0. The molecule has 1 aromatic rings. The van der Waals surface area contributed by atoms with Crippen LogP contribution in [-0.4, -0.2) is 0 Å². The van der Waals surface area contributed by atoms with Gasteiger partial charge in [-0.25, -0.2) is 0 Å². The standard InChI is InChI=1S/C13H17Cl/c1-9(2)10-7-11(8-10)12-5-3-4-6-13(12)14/h3-6,9-11H,7-8H2,1-2H3/t10-,11+. The van der Waals surface area contributed by atoms with Crippen molar-refractivity contribution in [3.8, 4) is 0 Å². The summed E-state index contributed by atoms with van der Waals surface area (Å²) in [6.45, 7) is 4.63. The van der Waals surface area contributed by atoms with Crippen molar-refractivity contribution in [2.45, 2.75) is 32.6 Å². The van der Waals surface area contributed by atoms with E-state index in [0.717, 1.165) is 22.8 Å². The Balaban J connectivity index is 2.03. The van der Waals surface area contributed by atoms with E-state index in [9.17, 15) is 0 Å². The van der Waals surface area contributed by atoms with Crippen molar-refractivity contribution in [2.75, 3.05) is 0 Å². The average molecular weight is 209 g/mol. The molecule has 1 heteroatoms. The van der Waals surface area contributed by atoms with E-state index in [1.54, 1.807) is 0 Å². The molecule has 1 fully saturated rings. The third-order valence-corrected chi connectivity index (χ3v) is 3.81. The number of benzene rings is 1. The third-order valence-electron chi connectivity index (χ3n) is 3.46. The lowest BCUT2D eigenvalue weighted by Crippen LogP contribution is -2.26. The monoisotopic (exact) mass is 208 g/mol. The summed E-state index contributed by atoms with van der Waals surface area (Å²) in [6.07, 6.45) is 2.64. The van der Waals surface area contributed by atoms with Gasteiger partial charge >= 0.3 is 0 Å². The highest BCUT2D eigenvalue weighted by Gasteiger charge is 2.32. The van der Waals surface area contributed by atoms with E-state index < -0.39 is 0 Å². The lowest BCUT2D eigenvalue weighted by molar-refractivity contribution is 0.197. The molecule has 1 aromatic carbocycles. The molecule has 0 aromatic heterocycles. The Bertz CT molecular complexity index is 311. The van der Waals surface area contributed by atoms with Gasteiger partial charge in [-0.2, -0.15) is 0 Å². The maximum atomic E-state index is 6.16. The normalized spacial score (nSPS) is 26.3. The first kappa shape index (κ1) is 10.0. The lowest BCUT2D eigenvalue weighted by atomic mass is 9.67. The first-order valence-electron chi connectivity index (χ1n) is 5.43. The Kier molecular flexibility index (Phi) is 2.83. The molecule has 1 aliphatic rings. The van der Waals surface area contributed by atoms with Gasteiger partial charge in [0, 0.05) is 5.02 Å². The minimum absolute atomic E-state index is 0.719. The van der Waals surface area contributed by atoms with E-state index in [1.165, 1.54) is 18.4 Å². The fourth-order valence-corrected chi connectivity index (χ4v) is 2.56. The second-order valence-corrected chi connectivity index (χ2v) is 5.10. The van der Waals surface area contributed by atoms with Crippen LogP contribution in [0.2, 0.25) is 5.02 Å². The smallest absolute Gasteiger partial charge is 0.0440 e. The van der Waals surface area contributed by atoms with Crippen LogP contribution in [0.1, 0.15) is 38.2 Å². The van der Waals surface area contributed by atoms with Gasteiger partial charge in [0.05, 0.1) is 0 Å². The molecule has 0 nitrogen and oxygen atoms in total. The van der Waals surface area contributed by atoms with Crippen molar-refractivity contribution in [3.63, 3.8) is 0 Å². The Labute approximate surface area is 91.3 Å². The van der Waals surface area contributed by atoms with E-state index in [4.69, 9.17) is 11.6 Å². The van der Waals surface area contributed by atoms with Crippen LogP contribution in [-0.2, 0) is 0 Å². The highest BCUT2D eigenvalue weighted by Crippen LogP contribution is 2.46. The molecule has 0 heterocycles. The first-order chi connectivity index (χ1) is 6.68. The van der Waals surface area contributed by atoms with Crippen LogP contribution in [0.25, 0.3) is 0 Å². The third kappa shape index (κ3) is 1.81. The second kappa shape index (κ2) is 3.94. The summed E-state index contributed by atoms with van der Waals surface area (Å²) in [5.41, 5.74) is 1.35. The maximum absolute atomic E-state index is 6.16. The quantitative estimate of drug-likeness (QED) is 0.672. The molecule has 0 aliphatic heterocycles. The summed E-state index contributed by atoms with van der Waals surface area (Å²) in [4.78, 5) is 0. The molecular formula is C13H17Cl. The van der Waals surface area contributed by atoms with Gasteiger partial charge in [-0.3, -0.25) is 0 Å². The molecule has 14 heavy (non-hydrogen) atoms. The summed E-state index contributed by atoms with van der Waals surface area (Å²) in [5, 5.41) is 0.944.